The van der Waals surface area contributed by atoms with Gasteiger partial charge in [-0.15, -0.1) is 0 Å². The lowest BCUT2D eigenvalue weighted by molar-refractivity contribution is 0.392. The number of halogens is 1. The van der Waals surface area contributed by atoms with Gasteiger partial charge >= 0.3 is 0 Å². The van der Waals surface area contributed by atoms with Crippen LogP contribution in [0.25, 0.3) is 0 Å². The maximum absolute atomic E-state index is 13.0. The predicted molar refractivity (Wildman–Crippen MR) is 74.6 cm³/mol. The second-order valence-corrected chi connectivity index (χ2v) is 4.27. The molecule has 1 unspecified atom stereocenters. The van der Waals surface area contributed by atoms with Crippen molar-refractivity contribution in [2.45, 2.75) is 6.04 Å². The van der Waals surface area contributed by atoms with Crippen LogP contribution in [0.3, 0.4) is 0 Å². The lowest BCUT2D eigenvalue weighted by Gasteiger charge is -2.18. The smallest absolute Gasteiger partial charge is 0.141 e. The molecular formula is C15H17FN2O2. The van der Waals surface area contributed by atoms with Crippen LogP contribution in [-0.4, -0.2) is 26.3 Å². The molecule has 1 N–H and O–H groups in total. The van der Waals surface area contributed by atoms with Gasteiger partial charge in [0.2, 0.25) is 0 Å². The number of ether oxygens (including phenoxy) is 2. The van der Waals surface area contributed by atoms with E-state index < -0.39 is 0 Å². The van der Waals surface area contributed by atoms with Crippen molar-refractivity contribution in [3.63, 3.8) is 0 Å². The highest BCUT2D eigenvalue weighted by atomic mass is 19.1. The third-order valence-corrected chi connectivity index (χ3v) is 3.04. The lowest BCUT2D eigenvalue weighted by atomic mass is 10.0. The zero-order chi connectivity index (χ0) is 14.5. The first-order chi connectivity index (χ1) is 9.67. The van der Waals surface area contributed by atoms with Gasteiger partial charge < -0.3 is 14.8 Å². The first kappa shape index (κ1) is 14.3. The van der Waals surface area contributed by atoms with E-state index in [2.05, 4.69) is 10.3 Å². The number of methoxy groups -OCH3 is 2. The number of pyridine rings is 1. The standard InChI is InChI=1S/C15H17FN2O2/c1-17-15(14-5-4-11(16)9-18-14)10-6-12(19-2)8-13(7-10)20-3/h4-9,15,17H,1-3H3. The highest BCUT2D eigenvalue weighted by Crippen LogP contribution is 2.29. The molecule has 1 aromatic carbocycles. The maximum Gasteiger partial charge on any atom is 0.141 e. The normalized spacial score (nSPS) is 12.0. The average molecular weight is 276 g/mol. The molecule has 0 saturated carbocycles. The Bertz CT molecular complexity index is 550. The minimum atomic E-state index is -0.355. The van der Waals surface area contributed by atoms with Gasteiger partial charge in [0.25, 0.3) is 0 Å². The zero-order valence-corrected chi connectivity index (χ0v) is 11.7. The SMILES string of the molecule is CNC(c1cc(OC)cc(OC)c1)c1ccc(F)cn1. The van der Waals surface area contributed by atoms with E-state index in [9.17, 15) is 4.39 Å². The summed E-state index contributed by atoms with van der Waals surface area (Å²) in [6, 6.07) is 8.48. The molecule has 0 fully saturated rings. The van der Waals surface area contributed by atoms with Gasteiger partial charge in [-0.25, -0.2) is 4.39 Å². The number of hydrogen-bond donors (Lipinski definition) is 1. The molecule has 20 heavy (non-hydrogen) atoms. The summed E-state index contributed by atoms with van der Waals surface area (Å²) in [7, 11) is 5.02. The Hall–Kier alpha value is -2.14. The van der Waals surface area contributed by atoms with Crippen molar-refractivity contribution in [1.82, 2.24) is 10.3 Å². The van der Waals surface area contributed by atoms with Crippen LogP contribution in [0.5, 0.6) is 11.5 Å². The van der Waals surface area contributed by atoms with Gasteiger partial charge in [0, 0.05) is 6.07 Å². The Balaban J connectivity index is 2.42. The van der Waals surface area contributed by atoms with Crippen LogP contribution < -0.4 is 14.8 Å². The number of hydrogen-bond acceptors (Lipinski definition) is 4. The van der Waals surface area contributed by atoms with E-state index in [-0.39, 0.29) is 11.9 Å². The summed E-state index contributed by atoms with van der Waals surface area (Å²) in [5.74, 6) is 1.04. The van der Waals surface area contributed by atoms with Gasteiger partial charge in [-0.3, -0.25) is 4.98 Å². The van der Waals surface area contributed by atoms with Crippen LogP contribution in [-0.2, 0) is 0 Å². The summed E-state index contributed by atoms with van der Waals surface area (Å²) in [6.45, 7) is 0. The summed E-state index contributed by atoms with van der Waals surface area (Å²) in [5.41, 5.74) is 1.66. The lowest BCUT2D eigenvalue weighted by Crippen LogP contribution is -2.19. The minimum absolute atomic E-state index is 0.167. The number of benzene rings is 1. The second kappa shape index (κ2) is 6.34. The van der Waals surface area contributed by atoms with Crippen LogP contribution >= 0.6 is 0 Å². The molecule has 1 aromatic heterocycles. The van der Waals surface area contributed by atoms with Crippen molar-refractivity contribution in [3.05, 3.63) is 53.6 Å². The van der Waals surface area contributed by atoms with Crippen molar-refractivity contribution < 1.29 is 13.9 Å². The largest absolute Gasteiger partial charge is 0.497 e. The fourth-order valence-corrected chi connectivity index (χ4v) is 2.04. The van der Waals surface area contributed by atoms with Crippen LogP contribution in [0.4, 0.5) is 4.39 Å². The number of rotatable bonds is 5. The Morgan fingerprint density at radius 3 is 2.20 bits per heavy atom. The minimum Gasteiger partial charge on any atom is -0.497 e. The van der Waals surface area contributed by atoms with E-state index in [1.54, 1.807) is 26.4 Å². The Morgan fingerprint density at radius 1 is 1.10 bits per heavy atom. The Kier molecular flexibility index (Phi) is 4.53. The van der Waals surface area contributed by atoms with E-state index in [1.807, 2.05) is 19.2 Å². The first-order valence-electron chi connectivity index (χ1n) is 6.19. The van der Waals surface area contributed by atoms with Crippen LogP contribution in [0, 0.1) is 5.82 Å². The monoisotopic (exact) mass is 276 g/mol. The van der Waals surface area contributed by atoms with Crippen molar-refractivity contribution in [1.29, 1.82) is 0 Å². The number of aromatic nitrogens is 1. The molecule has 5 heteroatoms. The fourth-order valence-electron chi connectivity index (χ4n) is 2.04. The summed E-state index contributed by atoms with van der Waals surface area (Å²) in [5, 5.41) is 3.16. The van der Waals surface area contributed by atoms with E-state index >= 15 is 0 Å². The molecule has 0 bridgehead atoms. The highest BCUT2D eigenvalue weighted by molar-refractivity contribution is 5.42. The van der Waals surface area contributed by atoms with Crippen LogP contribution in [0.2, 0.25) is 0 Å². The van der Waals surface area contributed by atoms with E-state index in [0.29, 0.717) is 11.5 Å². The van der Waals surface area contributed by atoms with Gasteiger partial charge in [-0.2, -0.15) is 0 Å². The molecular weight excluding hydrogens is 259 g/mol. The van der Waals surface area contributed by atoms with Gasteiger partial charge in [0.05, 0.1) is 32.2 Å². The molecule has 0 radical (unpaired) electrons. The van der Waals surface area contributed by atoms with Gasteiger partial charge in [0.15, 0.2) is 0 Å². The Labute approximate surface area is 117 Å². The van der Waals surface area contributed by atoms with Gasteiger partial charge in [-0.1, -0.05) is 0 Å². The molecule has 0 spiro atoms. The van der Waals surface area contributed by atoms with E-state index in [0.717, 1.165) is 11.3 Å². The summed E-state index contributed by atoms with van der Waals surface area (Å²) >= 11 is 0. The number of nitrogens with zero attached hydrogens (tertiary/aromatic N) is 1. The Morgan fingerprint density at radius 2 is 1.75 bits per heavy atom. The first-order valence-corrected chi connectivity index (χ1v) is 6.19. The molecule has 0 aliphatic carbocycles. The van der Waals surface area contributed by atoms with Gasteiger partial charge in [0.1, 0.15) is 17.3 Å². The second-order valence-electron chi connectivity index (χ2n) is 4.27. The van der Waals surface area contributed by atoms with E-state index in [1.165, 1.54) is 12.3 Å². The summed E-state index contributed by atoms with van der Waals surface area (Å²) in [4.78, 5) is 4.12. The van der Waals surface area contributed by atoms with Crippen LogP contribution in [0.15, 0.2) is 36.5 Å². The summed E-state index contributed by atoms with van der Waals surface area (Å²) < 4.78 is 23.5. The molecule has 1 atom stereocenters. The molecule has 2 aromatic rings. The van der Waals surface area contributed by atoms with Crippen molar-refractivity contribution in [2.24, 2.45) is 0 Å². The molecule has 4 nitrogen and oxygen atoms in total. The van der Waals surface area contributed by atoms with Crippen molar-refractivity contribution in [3.8, 4) is 11.5 Å². The molecule has 0 amide bonds. The number of nitrogens with one attached hydrogen (secondary N) is 1. The van der Waals surface area contributed by atoms with Gasteiger partial charge in [-0.05, 0) is 36.9 Å². The van der Waals surface area contributed by atoms with Crippen molar-refractivity contribution >= 4 is 0 Å². The highest BCUT2D eigenvalue weighted by Gasteiger charge is 2.15. The topological polar surface area (TPSA) is 43.4 Å². The zero-order valence-electron chi connectivity index (χ0n) is 11.7. The molecule has 0 aliphatic heterocycles. The molecule has 2 rings (SSSR count). The molecule has 0 aliphatic rings. The molecule has 0 saturated heterocycles. The van der Waals surface area contributed by atoms with Crippen LogP contribution in [0.1, 0.15) is 17.3 Å². The third-order valence-electron chi connectivity index (χ3n) is 3.04. The third kappa shape index (κ3) is 3.05. The average Bonchev–Trinajstić information content (AvgIpc) is 2.49. The molecule has 1 heterocycles. The summed E-state index contributed by atoms with van der Waals surface area (Å²) in [6.07, 6.45) is 1.21. The molecule has 106 valence electrons. The maximum atomic E-state index is 13.0. The predicted octanol–water partition coefficient (Wildman–Crippen LogP) is 2.55. The van der Waals surface area contributed by atoms with E-state index in [4.69, 9.17) is 9.47 Å². The van der Waals surface area contributed by atoms with Crippen molar-refractivity contribution in [2.75, 3.05) is 21.3 Å². The fraction of sp³-hybridized carbons (Fsp3) is 0.267. The quantitative estimate of drug-likeness (QED) is 0.911.